The summed E-state index contributed by atoms with van der Waals surface area (Å²) in [4.78, 5) is 25.3. The zero-order valence-corrected chi connectivity index (χ0v) is 19.3. The van der Waals surface area contributed by atoms with Crippen LogP contribution < -0.4 is 15.0 Å². The van der Waals surface area contributed by atoms with Crippen molar-refractivity contribution in [3.05, 3.63) is 70.5 Å². The fourth-order valence-electron chi connectivity index (χ4n) is 3.56. The molecule has 1 aliphatic rings. The Morgan fingerprint density at radius 2 is 1.88 bits per heavy atom. The van der Waals surface area contributed by atoms with E-state index in [2.05, 4.69) is 20.2 Å². The summed E-state index contributed by atoms with van der Waals surface area (Å²) in [6.45, 7) is 5.82. The molecule has 1 atom stereocenters. The average molecular weight is 472 g/mol. The lowest BCUT2D eigenvalue weighted by Gasteiger charge is -2.40. The summed E-state index contributed by atoms with van der Waals surface area (Å²) in [7, 11) is 0. The fourth-order valence-corrected chi connectivity index (χ4v) is 3.84. The van der Waals surface area contributed by atoms with Gasteiger partial charge in [0.15, 0.2) is 0 Å². The predicted octanol–water partition coefficient (Wildman–Crippen LogP) is 5.63. The molecule has 0 bridgehead atoms. The number of benzene rings is 2. The van der Waals surface area contributed by atoms with Crippen LogP contribution in [0.2, 0.25) is 10.0 Å². The maximum absolute atomic E-state index is 12.7. The molecule has 2 heterocycles. The molecule has 9 heteroatoms. The molecule has 4 rings (SSSR count). The van der Waals surface area contributed by atoms with Crippen LogP contribution in [0, 0.1) is 6.92 Å². The summed E-state index contributed by atoms with van der Waals surface area (Å²) in [5, 5.41) is 4.07. The van der Waals surface area contributed by atoms with Gasteiger partial charge in [0, 0.05) is 42.5 Å². The molecule has 1 aliphatic heterocycles. The molecule has 0 unspecified atom stereocenters. The molecule has 166 valence electrons. The van der Waals surface area contributed by atoms with E-state index in [9.17, 15) is 4.79 Å². The van der Waals surface area contributed by atoms with Crippen LogP contribution in [-0.4, -0.2) is 46.6 Å². The van der Waals surface area contributed by atoms with Gasteiger partial charge >= 0.3 is 6.03 Å². The van der Waals surface area contributed by atoms with Crippen molar-refractivity contribution in [3.63, 3.8) is 0 Å². The molecular formula is C23H23Cl2N5O2. The van der Waals surface area contributed by atoms with Crippen molar-refractivity contribution in [3.8, 4) is 11.6 Å². The summed E-state index contributed by atoms with van der Waals surface area (Å²) in [6, 6.07) is 14.3. The second-order valence-electron chi connectivity index (χ2n) is 7.68. The van der Waals surface area contributed by atoms with E-state index in [1.54, 1.807) is 36.4 Å². The number of carbonyl (C=O) groups is 1. The van der Waals surface area contributed by atoms with E-state index in [1.807, 2.05) is 30.9 Å². The van der Waals surface area contributed by atoms with Crippen molar-refractivity contribution in [2.45, 2.75) is 19.9 Å². The fraction of sp³-hybridized carbons (Fsp3) is 0.261. The third-order valence-corrected chi connectivity index (χ3v) is 5.80. The van der Waals surface area contributed by atoms with Gasteiger partial charge in [0.25, 0.3) is 0 Å². The van der Waals surface area contributed by atoms with Crippen LogP contribution >= 0.6 is 23.2 Å². The maximum atomic E-state index is 12.7. The number of amides is 2. The molecule has 0 radical (unpaired) electrons. The summed E-state index contributed by atoms with van der Waals surface area (Å²) in [5.41, 5.74) is 1.75. The number of aryl methyl sites for hydroxylation is 1. The van der Waals surface area contributed by atoms with E-state index in [0.717, 1.165) is 11.4 Å². The van der Waals surface area contributed by atoms with E-state index < -0.39 is 0 Å². The number of aromatic nitrogens is 2. The first-order valence-electron chi connectivity index (χ1n) is 10.2. The second-order valence-corrected chi connectivity index (χ2v) is 8.52. The molecule has 0 aliphatic carbocycles. The number of carbonyl (C=O) groups excluding carboxylic acids is 1. The Hall–Kier alpha value is -3.03. The van der Waals surface area contributed by atoms with Crippen LogP contribution in [0.15, 0.2) is 54.9 Å². The zero-order chi connectivity index (χ0) is 22.7. The van der Waals surface area contributed by atoms with E-state index >= 15 is 0 Å². The van der Waals surface area contributed by atoms with E-state index in [4.69, 9.17) is 27.9 Å². The quantitative estimate of drug-likeness (QED) is 0.533. The molecule has 0 saturated carbocycles. The highest BCUT2D eigenvalue weighted by Crippen LogP contribution is 2.30. The van der Waals surface area contributed by atoms with Gasteiger partial charge in [0.1, 0.15) is 17.9 Å². The first kappa shape index (κ1) is 22.2. The van der Waals surface area contributed by atoms with Gasteiger partial charge in [-0.05, 0) is 55.8 Å². The standard InChI is InChI=1S/C23H23Cl2N5O2/c1-15-3-8-19(25)20(11-15)32-22-12-21(26-14-27-22)29-9-10-30(16(2)13-29)23(31)28-18-6-4-17(24)5-7-18/h3-8,11-12,14,16H,9-10,13H2,1-2H3,(H,28,31)/t16-/m0/s1. The van der Waals surface area contributed by atoms with E-state index in [-0.39, 0.29) is 12.1 Å². The number of piperazine rings is 1. The molecule has 1 saturated heterocycles. The SMILES string of the molecule is Cc1ccc(Cl)c(Oc2cc(N3CCN(C(=O)Nc4ccc(Cl)cc4)[C@@H](C)C3)ncn2)c1. The number of rotatable bonds is 4. The summed E-state index contributed by atoms with van der Waals surface area (Å²) >= 11 is 12.1. The van der Waals surface area contributed by atoms with Gasteiger partial charge in [-0.15, -0.1) is 0 Å². The van der Waals surface area contributed by atoms with Crippen LogP contribution in [0.1, 0.15) is 12.5 Å². The van der Waals surface area contributed by atoms with Gasteiger partial charge in [0.05, 0.1) is 5.02 Å². The molecule has 2 aromatic carbocycles. The number of hydrogen-bond acceptors (Lipinski definition) is 5. The summed E-state index contributed by atoms with van der Waals surface area (Å²) in [6.07, 6.45) is 1.47. The molecule has 1 N–H and O–H groups in total. The minimum atomic E-state index is -0.139. The molecule has 7 nitrogen and oxygen atoms in total. The van der Waals surface area contributed by atoms with E-state index in [1.165, 1.54) is 6.33 Å². The number of hydrogen-bond donors (Lipinski definition) is 1. The Bertz CT molecular complexity index is 1110. The molecule has 0 spiro atoms. The number of halogens is 2. The Morgan fingerprint density at radius 3 is 2.62 bits per heavy atom. The molecule has 3 aromatic rings. The smallest absolute Gasteiger partial charge is 0.322 e. The van der Waals surface area contributed by atoms with Crippen molar-refractivity contribution in [1.29, 1.82) is 0 Å². The van der Waals surface area contributed by atoms with Crippen LogP contribution in [0.5, 0.6) is 11.6 Å². The summed E-state index contributed by atoms with van der Waals surface area (Å²) in [5.74, 6) is 1.70. The van der Waals surface area contributed by atoms with Crippen LogP contribution in [0.3, 0.4) is 0 Å². The van der Waals surface area contributed by atoms with Gasteiger partial charge in [0.2, 0.25) is 5.88 Å². The highest BCUT2D eigenvalue weighted by atomic mass is 35.5. The molecule has 2 amide bonds. The van der Waals surface area contributed by atoms with Crippen molar-refractivity contribution in [2.75, 3.05) is 29.9 Å². The lowest BCUT2D eigenvalue weighted by atomic mass is 10.2. The Kier molecular flexibility index (Phi) is 6.67. The Balaban J connectivity index is 1.40. The molecule has 1 fully saturated rings. The van der Waals surface area contributed by atoms with Crippen molar-refractivity contribution >= 4 is 40.7 Å². The van der Waals surface area contributed by atoms with Gasteiger partial charge in [-0.3, -0.25) is 0 Å². The Morgan fingerprint density at radius 1 is 1.09 bits per heavy atom. The Labute approximate surface area is 196 Å². The highest BCUT2D eigenvalue weighted by molar-refractivity contribution is 6.32. The minimum Gasteiger partial charge on any atom is -0.437 e. The monoisotopic (exact) mass is 471 g/mol. The van der Waals surface area contributed by atoms with Gasteiger partial charge in [-0.25, -0.2) is 14.8 Å². The first-order valence-corrected chi connectivity index (χ1v) is 11.0. The number of anilines is 2. The second kappa shape index (κ2) is 9.63. The maximum Gasteiger partial charge on any atom is 0.322 e. The van der Waals surface area contributed by atoms with Crippen LogP contribution in [-0.2, 0) is 0 Å². The number of nitrogens with one attached hydrogen (secondary N) is 1. The third kappa shape index (κ3) is 5.23. The van der Waals surface area contributed by atoms with E-state index in [0.29, 0.717) is 47.0 Å². The van der Waals surface area contributed by atoms with Crippen molar-refractivity contribution < 1.29 is 9.53 Å². The topological polar surface area (TPSA) is 70.6 Å². The largest absolute Gasteiger partial charge is 0.437 e. The number of ether oxygens (including phenoxy) is 1. The molecule has 32 heavy (non-hydrogen) atoms. The zero-order valence-electron chi connectivity index (χ0n) is 17.8. The highest BCUT2D eigenvalue weighted by Gasteiger charge is 2.28. The molecule has 1 aromatic heterocycles. The van der Waals surface area contributed by atoms with Gasteiger partial charge < -0.3 is 19.9 Å². The van der Waals surface area contributed by atoms with Gasteiger partial charge in [-0.1, -0.05) is 29.3 Å². The normalized spacial score (nSPS) is 16.1. The van der Waals surface area contributed by atoms with Crippen LogP contribution in [0.4, 0.5) is 16.3 Å². The van der Waals surface area contributed by atoms with Crippen LogP contribution in [0.25, 0.3) is 0 Å². The first-order chi connectivity index (χ1) is 15.4. The molecular weight excluding hydrogens is 449 g/mol. The lowest BCUT2D eigenvalue weighted by Crippen LogP contribution is -2.55. The number of nitrogens with zero attached hydrogens (tertiary/aromatic N) is 4. The van der Waals surface area contributed by atoms with Crippen molar-refractivity contribution in [1.82, 2.24) is 14.9 Å². The minimum absolute atomic E-state index is 0.0124. The predicted molar refractivity (Wildman–Crippen MR) is 127 cm³/mol. The average Bonchev–Trinajstić information content (AvgIpc) is 2.78. The third-order valence-electron chi connectivity index (χ3n) is 5.24. The number of urea groups is 1. The van der Waals surface area contributed by atoms with Gasteiger partial charge in [-0.2, -0.15) is 0 Å². The lowest BCUT2D eigenvalue weighted by molar-refractivity contribution is 0.184. The van der Waals surface area contributed by atoms with Crippen molar-refractivity contribution in [2.24, 2.45) is 0 Å². The summed E-state index contributed by atoms with van der Waals surface area (Å²) < 4.78 is 5.89.